The van der Waals surface area contributed by atoms with Crippen LogP contribution in [0.4, 0.5) is 5.69 Å². The van der Waals surface area contributed by atoms with Crippen molar-refractivity contribution in [3.63, 3.8) is 0 Å². The molecule has 0 spiro atoms. The zero-order valence-corrected chi connectivity index (χ0v) is 13.6. The van der Waals surface area contributed by atoms with Crippen LogP contribution in [0.15, 0.2) is 42.7 Å². The Bertz CT molecular complexity index is 879. The number of carbonyl (C=O) groups is 1. The summed E-state index contributed by atoms with van der Waals surface area (Å²) in [7, 11) is 2.15. The first-order valence-corrected chi connectivity index (χ1v) is 7.94. The van der Waals surface area contributed by atoms with E-state index in [-0.39, 0.29) is 12.4 Å². The number of fused-ring (bicyclic) bond motifs is 1. The molecule has 8 heteroatoms. The van der Waals surface area contributed by atoms with Crippen molar-refractivity contribution in [2.24, 2.45) is 0 Å². The molecule has 0 saturated carbocycles. The SMILES string of the molecule is COC(=O)c1cc2c(Oc3ccc(NCB=O)cc3)cncc2s1. The Labute approximate surface area is 142 Å². The Morgan fingerprint density at radius 3 is 2.79 bits per heavy atom. The van der Waals surface area contributed by atoms with E-state index < -0.39 is 0 Å². The molecular formula is C16H13BN2O4S. The molecule has 0 amide bonds. The molecule has 0 aliphatic heterocycles. The number of hydrogen-bond donors (Lipinski definition) is 1. The van der Waals surface area contributed by atoms with Crippen LogP contribution in [-0.4, -0.2) is 31.7 Å². The van der Waals surface area contributed by atoms with E-state index in [4.69, 9.17) is 9.47 Å². The molecular weight excluding hydrogens is 327 g/mol. The first kappa shape index (κ1) is 16.1. The van der Waals surface area contributed by atoms with Crippen molar-refractivity contribution in [3.8, 4) is 11.5 Å². The molecule has 0 radical (unpaired) electrons. The molecule has 3 aromatic rings. The van der Waals surface area contributed by atoms with E-state index in [0.717, 1.165) is 22.9 Å². The van der Waals surface area contributed by atoms with Crippen molar-refractivity contribution in [1.82, 2.24) is 4.98 Å². The van der Waals surface area contributed by atoms with Crippen LogP contribution >= 0.6 is 11.3 Å². The maximum absolute atomic E-state index is 11.7. The third kappa shape index (κ3) is 3.43. The number of thiophene rings is 1. The number of carbonyl (C=O) groups excluding carboxylic acids is 1. The number of rotatable bonds is 6. The van der Waals surface area contributed by atoms with E-state index in [0.29, 0.717) is 16.4 Å². The Morgan fingerprint density at radius 1 is 1.29 bits per heavy atom. The van der Waals surface area contributed by atoms with E-state index in [2.05, 4.69) is 10.3 Å². The first-order valence-electron chi connectivity index (χ1n) is 7.12. The Morgan fingerprint density at radius 2 is 2.08 bits per heavy atom. The van der Waals surface area contributed by atoms with Crippen LogP contribution in [0.25, 0.3) is 10.1 Å². The van der Waals surface area contributed by atoms with E-state index in [1.165, 1.54) is 18.4 Å². The average Bonchev–Trinajstić information content (AvgIpc) is 3.06. The number of pyridine rings is 1. The minimum atomic E-state index is -0.382. The zero-order chi connectivity index (χ0) is 16.9. The van der Waals surface area contributed by atoms with Gasteiger partial charge in [0.15, 0.2) is 0 Å². The molecule has 0 atom stereocenters. The molecule has 1 aromatic carbocycles. The van der Waals surface area contributed by atoms with Gasteiger partial charge in [0.2, 0.25) is 0 Å². The number of anilines is 1. The van der Waals surface area contributed by atoms with Crippen LogP contribution < -0.4 is 10.1 Å². The van der Waals surface area contributed by atoms with Gasteiger partial charge in [0.05, 0.1) is 7.11 Å². The number of ether oxygens (including phenoxy) is 2. The molecule has 0 aliphatic rings. The number of esters is 1. The van der Waals surface area contributed by atoms with E-state index in [1.54, 1.807) is 30.6 Å². The van der Waals surface area contributed by atoms with E-state index >= 15 is 0 Å². The summed E-state index contributed by atoms with van der Waals surface area (Å²) < 4.78 is 21.8. The average molecular weight is 340 g/mol. The monoisotopic (exact) mass is 340 g/mol. The quantitative estimate of drug-likeness (QED) is 0.548. The number of aromatic nitrogens is 1. The van der Waals surface area contributed by atoms with Crippen molar-refractivity contribution in [1.29, 1.82) is 0 Å². The topological polar surface area (TPSA) is 77.5 Å². The number of hydrogen-bond acceptors (Lipinski definition) is 7. The minimum absolute atomic E-state index is 0.259. The van der Waals surface area contributed by atoms with Crippen LogP contribution in [0.5, 0.6) is 11.5 Å². The first-order chi connectivity index (χ1) is 11.7. The van der Waals surface area contributed by atoms with Crippen molar-refractivity contribution in [2.75, 3.05) is 18.9 Å². The van der Waals surface area contributed by atoms with Crippen LogP contribution in [0.2, 0.25) is 0 Å². The second kappa shape index (κ2) is 7.22. The number of nitrogens with one attached hydrogen (secondary N) is 1. The fourth-order valence-corrected chi connectivity index (χ4v) is 3.11. The number of benzene rings is 1. The van der Waals surface area contributed by atoms with Crippen LogP contribution in [-0.2, 0) is 9.44 Å². The predicted octanol–water partition coefficient (Wildman–Crippen LogP) is 3.29. The molecule has 2 aromatic heterocycles. The molecule has 24 heavy (non-hydrogen) atoms. The molecule has 0 fully saturated rings. The molecule has 3 rings (SSSR count). The fourth-order valence-electron chi connectivity index (χ4n) is 2.15. The summed E-state index contributed by atoms with van der Waals surface area (Å²) in [5.41, 5.74) is 0.828. The van der Waals surface area contributed by atoms with Gasteiger partial charge in [-0.15, -0.1) is 0 Å². The predicted molar refractivity (Wildman–Crippen MR) is 92.4 cm³/mol. The molecule has 0 unspecified atom stereocenters. The standard InChI is InChI=1S/C16H13BN2O4S/c1-22-16(20)14-6-12-13(7-18-8-15(12)24-14)23-11-4-2-10(3-5-11)19-9-17-21/h2-8,19H,9H2,1H3. The zero-order valence-electron chi connectivity index (χ0n) is 12.8. The Kier molecular flexibility index (Phi) is 4.86. The van der Waals surface area contributed by atoms with Gasteiger partial charge in [0, 0.05) is 0 Å². The van der Waals surface area contributed by atoms with Crippen LogP contribution in [0.3, 0.4) is 0 Å². The van der Waals surface area contributed by atoms with Gasteiger partial charge in [0.1, 0.15) is 0 Å². The van der Waals surface area contributed by atoms with Crippen molar-refractivity contribution in [2.45, 2.75) is 0 Å². The maximum atomic E-state index is 11.7. The molecule has 0 saturated heterocycles. The van der Waals surface area contributed by atoms with Crippen LogP contribution in [0, 0.1) is 0 Å². The molecule has 2 heterocycles. The summed E-state index contributed by atoms with van der Waals surface area (Å²) in [6.45, 7) is 0. The van der Waals surface area contributed by atoms with E-state index in [9.17, 15) is 9.50 Å². The normalized spacial score (nSPS) is 10.2. The third-order valence-electron chi connectivity index (χ3n) is 3.27. The third-order valence-corrected chi connectivity index (χ3v) is 4.32. The Balaban J connectivity index is 1.85. The van der Waals surface area contributed by atoms with Gasteiger partial charge >= 0.3 is 126 Å². The van der Waals surface area contributed by atoms with Crippen molar-refractivity contribution in [3.05, 3.63) is 47.6 Å². The molecule has 120 valence electrons. The second-order valence-corrected chi connectivity index (χ2v) is 5.91. The van der Waals surface area contributed by atoms with Gasteiger partial charge < -0.3 is 4.74 Å². The number of nitrogens with zero attached hydrogens (tertiary/aromatic N) is 1. The second-order valence-electron chi connectivity index (χ2n) is 4.83. The summed E-state index contributed by atoms with van der Waals surface area (Å²) in [4.78, 5) is 16.3. The molecule has 1 N–H and O–H groups in total. The van der Waals surface area contributed by atoms with Gasteiger partial charge in [-0.3, -0.25) is 0 Å². The van der Waals surface area contributed by atoms with Gasteiger partial charge in [-0.1, -0.05) is 0 Å². The van der Waals surface area contributed by atoms with Gasteiger partial charge in [-0.25, -0.2) is 4.79 Å². The summed E-state index contributed by atoms with van der Waals surface area (Å²) in [6.07, 6.45) is 3.55. The van der Waals surface area contributed by atoms with Gasteiger partial charge in [0.25, 0.3) is 0 Å². The summed E-state index contributed by atoms with van der Waals surface area (Å²) in [6, 6.07) is 8.96. The van der Waals surface area contributed by atoms with Crippen molar-refractivity contribution >= 4 is 40.2 Å². The molecule has 0 aliphatic carbocycles. The van der Waals surface area contributed by atoms with Crippen molar-refractivity contribution < 1.29 is 19.0 Å². The van der Waals surface area contributed by atoms with Gasteiger partial charge in [-0.05, 0) is 0 Å². The summed E-state index contributed by atoms with van der Waals surface area (Å²) in [5.74, 6) is 0.812. The number of methoxy groups -OCH3 is 1. The van der Waals surface area contributed by atoms with Crippen LogP contribution in [0.1, 0.15) is 9.67 Å². The summed E-state index contributed by atoms with van der Waals surface area (Å²) >= 11 is 1.31. The molecule has 6 nitrogen and oxygen atoms in total. The Hall–Kier alpha value is -2.74. The molecule has 0 bridgehead atoms. The fraction of sp³-hybridized carbons (Fsp3) is 0.125. The van der Waals surface area contributed by atoms with E-state index in [1.807, 2.05) is 12.1 Å². The summed E-state index contributed by atoms with van der Waals surface area (Å²) in [5, 5.41) is 3.76. The van der Waals surface area contributed by atoms with Gasteiger partial charge in [-0.2, -0.15) is 0 Å².